The zero-order valence-electron chi connectivity index (χ0n) is 12.4. The molecule has 2 rings (SSSR count). The Labute approximate surface area is 123 Å². The molecular formula is C15H18N6. The summed E-state index contributed by atoms with van der Waals surface area (Å²) in [5.74, 6) is 0.240. The maximum absolute atomic E-state index is 5.58. The smallest absolute Gasteiger partial charge is 0.238 e. The van der Waals surface area contributed by atoms with Gasteiger partial charge in [0.1, 0.15) is 0 Å². The van der Waals surface area contributed by atoms with E-state index in [2.05, 4.69) is 20.1 Å². The van der Waals surface area contributed by atoms with Gasteiger partial charge in [0, 0.05) is 30.7 Å². The first-order chi connectivity index (χ1) is 10.2. The summed E-state index contributed by atoms with van der Waals surface area (Å²) in [6.07, 6.45) is 11.0. The first kappa shape index (κ1) is 14.6. The third kappa shape index (κ3) is 3.42. The van der Waals surface area contributed by atoms with Crippen LogP contribution in [0.25, 0.3) is 5.52 Å². The number of hydrogen-bond acceptors (Lipinski definition) is 5. The van der Waals surface area contributed by atoms with Gasteiger partial charge in [-0.05, 0) is 32.1 Å². The highest BCUT2D eigenvalue weighted by Crippen LogP contribution is 2.13. The molecule has 2 N–H and O–H groups in total. The second-order valence-corrected chi connectivity index (χ2v) is 4.37. The van der Waals surface area contributed by atoms with Crippen LogP contribution >= 0.6 is 0 Å². The summed E-state index contributed by atoms with van der Waals surface area (Å²) in [6.45, 7) is 3.86. The maximum atomic E-state index is 5.58. The lowest BCUT2D eigenvalue weighted by molar-refractivity contribution is 0.917. The van der Waals surface area contributed by atoms with Crippen LogP contribution in [0.4, 0.5) is 5.95 Å². The minimum atomic E-state index is 0.240. The molecule has 0 aliphatic rings. The predicted molar refractivity (Wildman–Crippen MR) is 86.9 cm³/mol. The Hall–Kier alpha value is -2.76. The molecule has 0 bridgehead atoms. The van der Waals surface area contributed by atoms with Crippen LogP contribution in [0, 0.1) is 0 Å². The van der Waals surface area contributed by atoms with Crippen molar-refractivity contribution in [3.8, 4) is 0 Å². The van der Waals surface area contributed by atoms with Gasteiger partial charge in [-0.1, -0.05) is 6.08 Å². The number of nitrogens with two attached hydrogens (primary N) is 1. The Morgan fingerprint density at radius 3 is 2.90 bits per heavy atom. The number of aliphatic imine (C=N–C) groups is 2. The molecule has 2 aromatic rings. The second kappa shape index (κ2) is 6.60. The van der Waals surface area contributed by atoms with Gasteiger partial charge in [0.05, 0.1) is 17.4 Å². The Morgan fingerprint density at radius 1 is 1.38 bits per heavy atom. The van der Waals surface area contributed by atoms with E-state index in [1.807, 2.05) is 44.3 Å². The van der Waals surface area contributed by atoms with Gasteiger partial charge < -0.3 is 5.73 Å². The largest absolute Gasteiger partial charge is 0.367 e. The molecule has 0 saturated carbocycles. The highest BCUT2D eigenvalue weighted by atomic mass is 15.3. The summed E-state index contributed by atoms with van der Waals surface area (Å²) in [5, 5.41) is 4.12. The van der Waals surface area contributed by atoms with Crippen molar-refractivity contribution in [1.29, 1.82) is 0 Å². The van der Waals surface area contributed by atoms with Crippen LogP contribution in [0.15, 0.2) is 52.9 Å². The quantitative estimate of drug-likeness (QED) is 0.873. The van der Waals surface area contributed by atoms with Crippen LogP contribution in [0.5, 0.6) is 0 Å². The van der Waals surface area contributed by atoms with Crippen LogP contribution in [0.3, 0.4) is 0 Å². The Kier molecular flexibility index (Phi) is 4.61. The van der Waals surface area contributed by atoms with Crippen molar-refractivity contribution in [3.63, 3.8) is 0 Å². The van der Waals surface area contributed by atoms with Crippen LogP contribution in [-0.2, 0) is 0 Å². The molecule has 0 aliphatic carbocycles. The highest BCUT2D eigenvalue weighted by molar-refractivity contribution is 6.15. The summed E-state index contributed by atoms with van der Waals surface area (Å²) < 4.78 is 1.69. The number of anilines is 1. The number of fused-ring (bicyclic) bond motifs is 1. The van der Waals surface area contributed by atoms with Gasteiger partial charge in [-0.15, -0.1) is 5.10 Å². The molecule has 6 heteroatoms. The van der Waals surface area contributed by atoms with Crippen molar-refractivity contribution in [3.05, 3.63) is 48.5 Å². The van der Waals surface area contributed by atoms with Crippen molar-refractivity contribution >= 4 is 22.9 Å². The average Bonchev–Trinajstić information content (AvgIpc) is 2.89. The van der Waals surface area contributed by atoms with Crippen molar-refractivity contribution in [1.82, 2.24) is 14.6 Å². The summed E-state index contributed by atoms with van der Waals surface area (Å²) >= 11 is 0. The molecule has 0 aliphatic heterocycles. The summed E-state index contributed by atoms with van der Waals surface area (Å²) in [5.41, 5.74) is 9.12. The molecule has 0 saturated heterocycles. The fourth-order valence-electron chi connectivity index (χ4n) is 1.85. The van der Waals surface area contributed by atoms with Gasteiger partial charge in [0.25, 0.3) is 0 Å². The molecule has 108 valence electrons. The van der Waals surface area contributed by atoms with Gasteiger partial charge in [-0.25, -0.2) is 9.50 Å². The fourth-order valence-corrected chi connectivity index (χ4v) is 1.85. The van der Waals surface area contributed by atoms with Gasteiger partial charge in [-0.2, -0.15) is 0 Å². The molecule has 2 heterocycles. The molecular weight excluding hydrogens is 264 g/mol. The summed E-state index contributed by atoms with van der Waals surface area (Å²) in [4.78, 5) is 12.6. The lowest BCUT2D eigenvalue weighted by Gasteiger charge is -2.00. The molecule has 2 aromatic heterocycles. The summed E-state index contributed by atoms with van der Waals surface area (Å²) in [7, 11) is 1.75. The zero-order valence-corrected chi connectivity index (χ0v) is 12.4. The molecule has 0 unspecified atom stereocenters. The van der Waals surface area contributed by atoms with Gasteiger partial charge >= 0.3 is 0 Å². The van der Waals surface area contributed by atoms with E-state index in [4.69, 9.17) is 5.73 Å². The minimum Gasteiger partial charge on any atom is -0.367 e. The number of rotatable bonds is 4. The molecule has 0 amide bonds. The van der Waals surface area contributed by atoms with E-state index in [0.717, 1.165) is 22.5 Å². The van der Waals surface area contributed by atoms with E-state index in [0.29, 0.717) is 0 Å². The lowest BCUT2D eigenvalue weighted by atomic mass is 10.1. The summed E-state index contributed by atoms with van der Waals surface area (Å²) in [6, 6.07) is 1.94. The molecule has 0 atom stereocenters. The maximum Gasteiger partial charge on any atom is 0.238 e. The van der Waals surface area contributed by atoms with E-state index in [9.17, 15) is 0 Å². The number of hydrogen-bond donors (Lipinski definition) is 1. The van der Waals surface area contributed by atoms with Crippen LogP contribution in [-0.4, -0.2) is 33.1 Å². The molecule has 0 fully saturated rings. The van der Waals surface area contributed by atoms with Crippen molar-refractivity contribution in [2.24, 2.45) is 9.98 Å². The molecule has 0 aromatic carbocycles. The van der Waals surface area contributed by atoms with E-state index < -0.39 is 0 Å². The molecule has 21 heavy (non-hydrogen) atoms. The number of nitrogens with zero attached hydrogens (tertiary/aromatic N) is 5. The van der Waals surface area contributed by atoms with E-state index >= 15 is 0 Å². The molecule has 6 nitrogen and oxygen atoms in total. The number of aromatic nitrogens is 3. The Bertz CT molecular complexity index is 749. The normalized spacial score (nSPS) is 13.9. The molecule has 0 radical (unpaired) electrons. The first-order valence-corrected chi connectivity index (χ1v) is 6.56. The van der Waals surface area contributed by atoms with Crippen molar-refractivity contribution in [2.75, 3.05) is 12.8 Å². The van der Waals surface area contributed by atoms with Crippen LogP contribution in [0.2, 0.25) is 0 Å². The van der Waals surface area contributed by atoms with Crippen molar-refractivity contribution < 1.29 is 0 Å². The topological polar surface area (TPSA) is 80.9 Å². The van der Waals surface area contributed by atoms with Gasteiger partial charge in [-0.3, -0.25) is 9.98 Å². The second-order valence-electron chi connectivity index (χ2n) is 4.37. The predicted octanol–water partition coefficient (Wildman–Crippen LogP) is 2.28. The number of nitrogen functional groups attached to an aromatic ring is 1. The SMILES string of the molecule is C\C=C/N=C(C)\C=C/C(=NC)c1ccn2nc(N)ncc12. The van der Waals surface area contributed by atoms with Crippen LogP contribution in [0.1, 0.15) is 19.4 Å². The first-order valence-electron chi connectivity index (χ1n) is 6.56. The van der Waals surface area contributed by atoms with E-state index in [1.165, 1.54) is 0 Å². The van der Waals surface area contributed by atoms with Gasteiger partial charge in [0.2, 0.25) is 5.95 Å². The van der Waals surface area contributed by atoms with E-state index in [-0.39, 0.29) is 5.95 Å². The fraction of sp³-hybridized carbons (Fsp3) is 0.200. The molecule has 0 spiro atoms. The standard InChI is InChI=1S/C15H18N6/c1-4-8-18-11(2)5-6-13(17-3)12-7-9-21-14(12)10-19-15(16)20-21/h4-10H,1-3H3,(H2,16,20)/b6-5-,8-4-,17-13?,18-11-. The zero-order chi connectivity index (χ0) is 15.2. The van der Waals surface area contributed by atoms with E-state index in [1.54, 1.807) is 24.0 Å². The average molecular weight is 282 g/mol. The van der Waals surface area contributed by atoms with Crippen LogP contribution < -0.4 is 5.73 Å². The Morgan fingerprint density at radius 2 is 2.19 bits per heavy atom. The minimum absolute atomic E-state index is 0.240. The highest BCUT2D eigenvalue weighted by Gasteiger charge is 2.08. The van der Waals surface area contributed by atoms with Crippen molar-refractivity contribution in [2.45, 2.75) is 13.8 Å². The Balaban J connectivity index is 2.35. The number of allylic oxidation sites excluding steroid dienone is 3. The third-order valence-corrected chi connectivity index (χ3v) is 2.86. The van der Waals surface area contributed by atoms with Gasteiger partial charge in [0.15, 0.2) is 0 Å². The lowest BCUT2D eigenvalue weighted by Crippen LogP contribution is -2.02. The third-order valence-electron chi connectivity index (χ3n) is 2.86. The monoisotopic (exact) mass is 282 g/mol.